The first-order valence-corrected chi connectivity index (χ1v) is 9.26. The number of halogens is 1. The largest absolute Gasteiger partial charge is 0.496 e. The molecular weight excluding hydrogens is 378 g/mol. The average molecular weight is 400 g/mol. The maximum Gasteiger partial charge on any atom is 0.255 e. The van der Waals surface area contributed by atoms with Crippen molar-refractivity contribution < 1.29 is 14.3 Å². The number of aryl methyl sites for hydroxylation is 1. The third-order valence-corrected chi connectivity index (χ3v) is 4.76. The molecule has 0 bridgehead atoms. The summed E-state index contributed by atoms with van der Waals surface area (Å²) in [5, 5.41) is 6.94. The Morgan fingerprint density at radius 3 is 2.71 bits per heavy atom. The van der Waals surface area contributed by atoms with Crippen molar-refractivity contribution in [3.8, 4) is 5.75 Å². The minimum absolute atomic E-state index is 0.255. The van der Waals surface area contributed by atoms with E-state index >= 15 is 0 Å². The number of anilines is 1. The van der Waals surface area contributed by atoms with E-state index in [9.17, 15) is 9.59 Å². The second-order valence-corrected chi connectivity index (χ2v) is 6.99. The highest BCUT2D eigenvalue weighted by Crippen LogP contribution is 2.31. The van der Waals surface area contributed by atoms with Gasteiger partial charge >= 0.3 is 0 Å². The Balaban J connectivity index is 1.71. The average Bonchev–Trinajstić information content (AvgIpc) is 3.04. The Labute approximate surface area is 168 Å². The molecule has 2 amide bonds. The molecule has 0 spiro atoms. The molecule has 3 rings (SSSR count). The predicted octanol–water partition coefficient (Wildman–Crippen LogP) is 4.07. The molecule has 0 saturated heterocycles. The minimum Gasteiger partial charge on any atom is -0.496 e. The van der Waals surface area contributed by atoms with Crippen LogP contribution < -0.4 is 15.4 Å². The van der Waals surface area contributed by atoms with Crippen LogP contribution in [0.25, 0.3) is 10.9 Å². The molecule has 3 N–H and O–H groups in total. The summed E-state index contributed by atoms with van der Waals surface area (Å²) in [6, 6.07) is 9.28. The molecule has 3 aromatic rings. The van der Waals surface area contributed by atoms with E-state index in [4.69, 9.17) is 16.3 Å². The maximum atomic E-state index is 12.6. The highest BCUT2D eigenvalue weighted by Gasteiger charge is 2.16. The van der Waals surface area contributed by atoms with Crippen molar-refractivity contribution in [2.24, 2.45) is 0 Å². The van der Waals surface area contributed by atoms with Crippen molar-refractivity contribution in [3.63, 3.8) is 0 Å². The lowest BCUT2D eigenvalue weighted by Crippen LogP contribution is -2.26. The summed E-state index contributed by atoms with van der Waals surface area (Å²) in [4.78, 5) is 27.1. The monoisotopic (exact) mass is 399 g/mol. The van der Waals surface area contributed by atoms with Gasteiger partial charge in [0.05, 0.1) is 23.4 Å². The van der Waals surface area contributed by atoms with Crippen molar-refractivity contribution in [2.45, 2.75) is 20.3 Å². The van der Waals surface area contributed by atoms with Crippen LogP contribution in [0.4, 0.5) is 5.69 Å². The van der Waals surface area contributed by atoms with Gasteiger partial charge in [-0.25, -0.2) is 0 Å². The van der Waals surface area contributed by atoms with Gasteiger partial charge in [0.15, 0.2) is 0 Å². The number of H-pyrrole nitrogens is 1. The zero-order chi connectivity index (χ0) is 20.3. The minimum atomic E-state index is -0.288. The second kappa shape index (κ2) is 8.35. The Bertz CT molecular complexity index is 1040. The molecule has 0 aliphatic heterocycles. The third kappa shape index (κ3) is 4.28. The van der Waals surface area contributed by atoms with E-state index in [2.05, 4.69) is 40.7 Å². The molecule has 28 heavy (non-hydrogen) atoms. The summed E-state index contributed by atoms with van der Waals surface area (Å²) in [6.07, 6.45) is 2.66. The number of hydrogen-bond donors (Lipinski definition) is 3. The van der Waals surface area contributed by atoms with Crippen molar-refractivity contribution in [1.82, 2.24) is 10.3 Å². The summed E-state index contributed by atoms with van der Waals surface area (Å²) >= 11 is 6.19. The molecule has 0 saturated carbocycles. The maximum absolute atomic E-state index is 12.6. The molecule has 0 aliphatic rings. The van der Waals surface area contributed by atoms with Crippen LogP contribution in [0.5, 0.6) is 5.75 Å². The van der Waals surface area contributed by atoms with Gasteiger partial charge in [0, 0.05) is 36.6 Å². The lowest BCUT2D eigenvalue weighted by atomic mass is 10.1. The van der Waals surface area contributed by atoms with E-state index < -0.39 is 0 Å². The van der Waals surface area contributed by atoms with Crippen LogP contribution in [0.3, 0.4) is 0 Å². The number of aromatic nitrogens is 1. The number of methoxy groups -OCH3 is 1. The molecule has 2 aromatic carbocycles. The molecule has 0 fully saturated rings. The fourth-order valence-corrected chi connectivity index (χ4v) is 3.30. The van der Waals surface area contributed by atoms with Gasteiger partial charge < -0.3 is 20.4 Å². The van der Waals surface area contributed by atoms with Crippen molar-refractivity contribution in [1.29, 1.82) is 0 Å². The van der Waals surface area contributed by atoms with Crippen LogP contribution >= 0.6 is 11.6 Å². The number of rotatable bonds is 6. The molecule has 1 heterocycles. The van der Waals surface area contributed by atoms with Gasteiger partial charge in [0.25, 0.3) is 5.91 Å². The number of fused-ring (bicyclic) bond motifs is 1. The first kappa shape index (κ1) is 19.8. The van der Waals surface area contributed by atoms with Crippen LogP contribution in [0.1, 0.15) is 28.4 Å². The smallest absolute Gasteiger partial charge is 0.255 e. The number of nitrogens with one attached hydrogen (secondary N) is 3. The molecule has 7 heteroatoms. The van der Waals surface area contributed by atoms with Crippen LogP contribution in [-0.4, -0.2) is 30.5 Å². The Morgan fingerprint density at radius 2 is 2.00 bits per heavy atom. The zero-order valence-corrected chi connectivity index (χ0v) is 16.7. The van der Waals surface area contributed by atoms with Gasteiger partial charge in [-0.2, -0.15) is 0 Å². The predicted molar refractivity (Wildman–Crippen MR) is 111 cm³/mol. The van der Waals surface area contributed by atoms with E-state index in [1.807, 2.05) is 6.20 Å². The van der Waals surface area contributed by atoms with Crippen molar-refractivity contribution in [2.75, 3.05) is 19.0 Å². The second-order valence-electron chi connectivity index (χ2n) is 6.58. The number of benzene rings is 2. The van der Waals surface area contributed by atoms with Gasteiger partial charge in [0.1, 0.15) is 5.75 Å². The van der Waals surface area contributed by atoms with Gasteiger partial charge in [-0.15, -0.1) is 0 Å². The van der Waals surface area contributed by atoms with Gasteiger partial charge in [-0.3, -0.25) is 9.59 Å². The number of ether oxygens (including phenoxy) is 1. The molecule has 146 valence electrons. The van der Waals surface area contributed by atoms with Crippen LogP contribution in [0.15, 0.2) is 36.5 Å². The molecule has 1 aromatic heterocycles. The normalized spacial score (nSPS) is 10.7. The summed E-state index contributed by atoms with van der Waals surface area (Å²) in [5.41, 5.74) is 4.13. The number of carbonyl (C=O) groups excluding carboxylic acids is 2. The van der Waals surface area contributed by atoms with E-state index in [1.165, 1.54) is 25.7 Å². The lowest BCUT2D eigenvalue weighted by molar-refractivity contribution is -0.114. The van der Waals surface area contributed by atoms with Crippen molar-refractivity contribution in [3.05, 3.63) is 58.2 Å². The molecule has 6 nitrogen and oxygen atoms in total. The quantitative estimate of drug-likeness (QED) is 0.584. The summed E-state index contributed by atoms with van der Waals surface area (Å²) in [6.45, 7) is 3.90. The highest BCUT2D eigenvalue weighted by atomic mass is 35.5. The number of aromatic amines is 1. The molecular formula is C21H22ClN3O3. The van der Waals surface area contributed by atoms with Gasteiger partial charge in [0.2, 0.25) is 5.91 Å². The van der Waals surface area contributed by atoms with Crippen molar-refractivity contribution >= 4 is 40.0 Å². The van der Waals surface area contributed by atoms with Crippen LogP contribution in [0, 0.1) is 6.92 Å². The molecule has 0 unspecified atom stereocenters. The number of carbonyl (C=O) groups is 2. The summed E-state index contributed by atoms with van der Waals surface area (Å²) < 4.78 is 5.29. The Hall–Kier alpha value is -2.99. The first-order chi connectivity index (χ1) is 13.4. The molecule has 0 atom stereocenters. The summed E-state index contributed by atoms with van der Waals surface area (Å²) in [7, 11) is 1.46. The standard InChI is InChI=1S/C21H22ClN3O3/c1-12-4-5-18-15(8-12)14(11-24-18)6-7-23-21(27)16-9-17(22)19(25-13(2)26)10-20(16)28-3/h4-5,8-11,24H,6-7H2,1-3H3,(H,23,27)(H,25,26). The topological polar surface area (TPSA) is 83.2 Å². The molecule has 0 radical (unpaired) electrons. The fourth-order valence-electron chi connectivity index (χ4n) is 3.09. The van der Waals surface area contributed by atoms with E-state index in [1.54, 1.807) is 6.07 Å². The van der Waals surface area contributed by atoms with Gasteiger partial charge in [-0.1, -0.05) is 23.2 Å². The van der Waals surface area contributed by atoms with E-state index in [-0.39, 0.29) is 16.8 Å². The Kier molecular flexibility index (Phi) is 5.90. The third-order valence-electron chi connectivity index (χ3n) is 4.45. The number of hydrogen-bond acceptors (Lipinski definition) is 3. The fraction of sp³-hybridized carbons (Fsp3) is 0.238. The lowest BCUT2D eigenvalue weighted by Gasteiger charge is -2.13. The SMILES string of the molecule is COc1cc(NC(C)=O)c(Cl)cc1C(=O)NCCc1c[nH]c2ccc(C)cc12. The van der Waals surface area contributed by atoms with Crippen LogP contribution in [0.2, 0.25) is 5.02 Å². The zero-order valence-electron chi connectivity index (χ0n) is 16.0. The molecule has 0 aliphatic carbocycles. The first-order valence-electron chi connectivity index (χ1n) is 8.89. The van der Waals surface area contributed by atoms with E-state index in [0.29, 0.717) is 30.0 Å². The van der Waals surface area contributed by atoms with E-state index in [0.717, 1.165) is 16.5 Å². The van der Waals surface area contributed by atoms with Gasteiger partial charge in [-0.05, 0) is 37.1 Å². The number of amides is 2. The summed E-state index contributed by atoms with van der Waals surface area (Å²) in [5.74, 6) is -0.201. The Morgan fingerprint density at radius 1 is 1.21 bits per heavy atom. The highest BCUT2D eigenvalue weighted by molar-refractivity contribution is 6.34. The van der Waals surface area contributed by atoms with Crippen LogP contribution in [-0.2, 0) is 11.2 Å².